The van der Waals surface area contributed by atoms with Crippen LogP contribution >= 0.6 is 0 Å². The van der Waals surface area contributed by atoms with Crippen LogP contribution in [0, 0.1) is 17.9 Å². The molecule has 5 heteroatoms. The second-order valence-corrected chi connectivity index (χ2v) is 2.37. The van der Waals surface area contributed by atoms with E-state index >= 15 is 0 Å². The molecule has 0 saturated heterocycles. The monoisotopic (exact) mass is 172 g/mol. The lowest BCUT2D eigenvalue weighted by Crippen LogP contribution is -2.29. The SMILES string of the molecule is [C-]#[N+]c1cc(C#N)ccc1B(O)O. The fourth-order valence-corrected chi connectivity index (χ4v) is 0.928. The van der Waals surface area contributed by atoms with Gasteiger partial charge in [0.1, 0.15) is 0 Å². The first kappa shape index (κ1) is 9.27. The standard InChI is InChI=1S/C8H5BN2O2/c1-11-8-4-6(5-10)2-3-7(8)9(12)13/h2-4,12-13H. The smallest absolute Gasteiger partial charge is 0.424 e. The fraction of sp³-hybridized carbons (Fsp3) is 0. The van der Waals surface area contributed by atoms with Crippen LogP contribution < -0.4 is 5.46 Å². The summed E-state index contributed by atoms with van der Waals surface area (Å²) in [6, 6.07) is 5.97. The summed E-state index contributed by atoms with van der Waals surface area (Å²) >= 11 is 0. The van der Waals surface area contributed by atoms with Crippen LogP contribution in [0.15, 0.2) is 18.2 Å². The lowest BCUT2D eigenvalue weighted by Gasteiger charge is -2.01. The number of hydrogen-bond acceptors (Lipinski definition) is 3. The molecule has 0 spiro atoms. The molecule has 0 heterocycles. The molecule has 0 aliphatic rings. The minimum Gasteiger partial charge on any atom is -0.424 e. The van der Waals surface area contributed by atoms with Crippen LogP contribution in [0.1, 0.15) is 5.56 Å². The van der Waals surface area contributed by atoms with Gasteiger partial charge in [-0.1, -0.05) is 6.07 Å². The zero-order valence-electron chi connectivity index (χ0n) is 6.60. The first-order valence-corrected chi connectivity index (χ1v) is 3.46. The van der Waals surface area contributed by atoms with Crippen molar-refractivity contribution in [1.82, 2.24) is 0 Å². The molecule has 0 amide bonds. The molecule has 62 valence electrons. The van der Waals surface area contributed by atoms with Gasteiger partial charge in [0.25, 0.3) is 0 Å². The van der Waals surface area contributed by atoms with Crippen LogP contribution in [-0.4, -0.2) is 17.2 Å². The van der Waals surface area contributed by atoms with Crippen molar-refractivity contribution in [2.75, 3.05) is 0 Å². The molecule has 0 bridgehead atoms. The molecule has 0 radical (unpaired) electrons. The van der Waals surface area contributed by atoms with E-state index in [0.29, 0.717) is 5.56 Å². The molecule has 1 aromatic carbocycles. The molecule has 1 rings (SSSR count). The van der Waals surface area contributed by atoms with E-state index in [9.17, 15) is 0 Å². The van der Waals surface area contributed by atoms with Crippen molar-refractivity contribution in [3.05, 3.63) is 35.2 Å². The van der Waals surface area contributed by atoms with Gasteiger partial charge in [-0.25, -0.2) is 4.85 Å². The molecular weight excluding hydrogens is 167 g/mol. The highest BCUT2D eigenvalue weighted by atomic mass is 16.4. The molecule has 0 aliphatic heterocycles. The van der Waals surface area contributed by atoms with E-state index in [-0.39, 0.29) is 11.2 Å². The summed E-state index contributed by atoms with van der Waals surface area (Å²) in [6.45, 7) is 6.74. The molecule has 0 aromatic heterocycles. The number of nitrogens with zero attached hydrogens (tertiary/aromatic N) is 2. The molecule has 0 aliphatic carbocycles. The lowest BCUT2D eigenvalue weighted by molar-refractivity contribution is 0.426. The number of benzene rings is 1. The van der Waals surface area contributed by atoms with E-state index in [1.54, 1.807) is 0 Å². The lowest BCUT2D eigenvalue weighted by atomic mass is 9.78. The Morgan fingerprint density at radius 2 is 2.15 bits per heavy atom. The molecular formula is C8H5BN2O2. The average molecular weight is 172 g/mol. The summed E-state index contributed by atoms with van der Waals surface area (Å²) < 4.78 is 0. The van der Waals surface area contributed by atoms with Crippen molar-refractivity contribution in [1.29, 1.82) is 5.26 Å². The van der Waals surface area contributed by atoms with Crippen LogP contribution in [0.3, 0.4) is 0 Å². The summed E-state index contributed by atoms with van der Waals surface area (Å²) in [5, 5.41) is 26.2. The number of hydrogen-bond donors (Lipinski definition) is 2. The summed E-state index contributed by atoms with van der Waals surface area (Å²) in [6.07, 6.45) is 0. The Morgan fingerprint density at radius 1 is 1.46 bits per heavy atom. The van der Waals surface area contributed by atoms with Gasteiger partial charge in [0.15, 0.2) is 5.69 Å². The first-order valence-electron chi connectivity index (χ1n) is 3.46. The summed E-state index contributed by atoms with van der Waals surface area (Å²) in [5.74, 6) is 0. The molecule has 4 nitrogen and oxygen atoms in total. The van der Waals surface area contributed by atoms with Crippen molar-refractivity contribution in [3.8, 4) is 6.07 Å². The Balaban J connectivity index is 3.28. The summed E-state index contributed by atoms with van der Waals surface area (Å²) in [7, 11) is -1.67. The van der Waals surface area contributed by atoms with Gasteiger partial charge < -0.3 is 10.0 Å². The second kappa shape index (κ2) is 3.73. The molecule has 2 N–H and O–H groups in total. The predicted molar refractivity (Wildman–Crippen MR) is 47.2 cm³/mol. The second-order valence-electron chi connectivity index (χ2n) is 2.37. The topological polar surface area (TPSA) is 68.6 Å². The largest absolute Gasteiger partial charge is 0.476 e. The third kappa shape index (κ3) is 1.85. The van der Waals surface area contributed by atoms with Crippen molar-refractivity contribution >= 4 is 18.3 Å². The highest BCUT2D eigenvalue weighted by Gasteiger charge is 2.15. The zero-order valence-corrected chi connectivity index (χ0v) is 6.60. The Bertz CT molecular complexity index is 404. The van der Waals surface area contributed by atoms with Crippen molar-refractivity contribution in [2.24, 2.45) is 0 Å². The van der Waals surface area contributed by atoms with Crippen LogP contribution in [0.2, 0.25) is 0 Å². The first-order chi connectivity index (χ1) is 6.19. The van der Waals surface area contributed by atoms with Crippen LogP contribution in [-0.2, 0) is 0 Å². The van der Waals surface area contributed by atoms with Gasteiger partial charge in [-0.2, -0.15) is 5.26 Å². The third-order valence-corrected chi connectivity index (χ3v) is 1.56. The van der Waals surface area contributed by atoms with Crippen molar-refractivity contribution < 1.29 is 10.0 Å². The highest BCUT2D eigenvalue weighted by molar-refractivity contribution is 6.60. The maximum atomic E-state index is 8.83. The Hall–Kier alpha value is -1.82. The van der Waals surface area contributed by atoms with Gasteiger partial charge in [-0.05, 0) is 17.6 Å². The number of rotatable bonds is 1. The molecule has 13 heavy (non-hydrogen) atoms. The fourth-order valence-electron chi connectivity index (χ4n) is 0.928. The van der Waals surface area contributed by atoms with E-state index in [0.717, 1.165) is 0 Å². The summed E-state index contributed by atoms with van der Waals surface area (Å²) in [4.78, 5) is 3.08. The van der Waals surface area contributed by atoms with Crippen LogP contribution in [0.5, 0.6) is 0 Å². The van der Waals surface area contributed by atoms with Crippen molar-refractivity contribution in [2.45, 2.75) is 0 Å². The van der Waals surface area contributed by atoms with Gasteiger partial charge in [0, 0.05) is 5.56 Å². The van der Waals surface area contributed by atoms with Gasteiger partial charge in [0.05, 0.1) is 12.6 Å². The average Bonchev–Trinajstić information content (AvgIpc) is 2.16. The Labute approximate surface area is 75.6 Å². The maximum absolute atomic E-state index is 8.83. The van der Waals surface area contributed by atoms with Gasteiger partial charge in [-0.15, -0.1) is 0 Å². The minimum atomic E-state index is -1.67. The van der Waals surface area contributed by atoms with Gasteiger partial charge >= 0.3 is 7.12 Å². The minimum absolute atomic E-state index is 0.0917. The van der Waals surface area contributed by atoms with Crippen molar-refractivity contribution in [3.63, 3.8) is 0 Å². The van der Waals surface area contributed by atoms with Gasteiger partial charge in [-0.3, -0.25) is 0 Å². The zero-order chi connectivity index (χ0) is 9.84. The van der Waals surface area contributed by atoms with E-state index in [2.05, 4.69) is 4.85 Å². The maximum Gasteiger partial charge on any atom is 0.476 e. The van der Waals surface area contributed by atoms with Crippen LogP contribution in [0.25, 0.3) is 4.85 Å². The normalized spacial score (nSPS) is 8.62. The summed E-state index contributed by atoms with van der Waals surface area (Å²) in [5.41, 5.74) is 0.540. The Kier molecular flexibility index (Phi) is 2.66. The third-order valence-electron chi connectivity index (χ3n) is 1.56. The quantitative estimate of drug-likeness (QED) is 0.454. The number of nitriles is 1. The Morgan fingerprint density at radius 3 is 2.62 bits per heavy atom. The predicted octanol–water partition coefficient (Wildman–Crippen LogP) is -0.211. The van der Waals surface area contributed by atoms with Crippen LogP contribution in [0.4, 0.5) is 5.69 Å². The molecule has 0 atom stereocenters. The van der Waals surface area contributed by atoms with E-state index in [4.69, 9.17) is 21.9 Å². The van der Waals surface area contributed by atoms with E-state index in [1.807, 2.05) is 6.07 Å². The van der Waals surface area contributed by atoms with Gasteiger partial charge in [0.2, 0.25) is 0 Å². The van der Waals surface area contributed by atoms with E-state index < -0.39 is 7.12 Å². The molecule has 0 saturated carbocycles. The highest BCUT2D eigenvalue weighted by Crippen LogP contribution is 2.11. The molecule has 0 fully saturated rings. The molecule has 1 aromatic rings. The van der Waals surface area contributed by atoms with E-state index in [1.165, 1.54) is 18.2 Å². The molecule has 0 unspecified atom stereocenters.